The van der Waals surface area contributed by atoms with E-state index in [1.165, 1.54) is 11.1 Å². The SMILES string of the molecule is Cc1ccc(C(C)C)c(OCCCCC[N+](C)(C)CC(=O)N(C(C)C)C(C)C)c1.[Br-]. The van der Waals surface area contributed by atoms with E-state index >= 15 is 0 Å². The second-order valence-electron chi connectivity index (χ2n) is 9.91. The van der Waals surface area contributed by atoms with Crippen molar-refractivity contribution in [3.8, 4) is 5.75 Å². The lowest BCUT2D eigenvalue weighted by atomic mass is 10.0. The summed E-state index contributed by atoms with van der Waals surface area (Å²) in [5.74, 6) is 1.76. The van der Waals surface area contributed by atoms with Crippen molar-refractivity contribution in [2.24, 2.45) is 0 Å². The Bertz CT molecular complexity index is 634. The summed E-state index contributed by atoms with van der Waals surface area (Å²) in [4.78, 5) is 14.7. The molecule has 1 rings (SSSR count). The Balaban J connectivity index is 0.00000841. The molecule has 0 radical (unpaired) electrons. The van der Waals surface area contributed by atoms with Crippen LogP contribution in [0.5, 0.6) is 5.75 Å². The van der Waals surface area contributed by atoms with E-state index in [0.717, 1.165) is 42.6 Å². The number of aryl methyl sites for hydroxylation is 1. The summed E-state index contributed by atoms with van der Waals surface area (Å²) < 4.78 is 6.84. The number of hydrogen-bond acceptors (Lipinski definition) is 2. The van der Waals surface area contributed by atoms with Gasteiger partial charge in [0.25, 0.3) is 5.91 Å². The van der Waals surface area contributed by atoms with Crippen molar-refractivity contribution in [3.05, 3.63) is 29.3 Å². The monoisotopic (exact) mass is 484 g/mol. The fraction of sp³-hybridized carbons (Fsp3) is 0.720. The van der Waals surface area contributed by atoms with E-state index in [0.29, 0.717) is 12.5 Å². The number of carbonyl (C=O) groups excluding carboxylic acids is 1. The molecule has 0 bridgehead atoms. The number of benzene rings is 1. The summed E-state index contributed by atoms with van der Waals surface area (Å²) in [6.07, 6.45) is 3.28. The van der Waals surface area contributed by atoms with Gasteiger partial charge in [0.2, 0.25) is 0 Å². The van der Waals surface area contributed by atoms with Crippen LogP contribution in [0.4, 0.5) is 0 Å². The lowest BCUT2D eigenvalue weighted by Gasteiger charge is -2.35. The molecule has 0 aromatic heterocycles. The number of halogens is 1. The zero-order valence-corrected chi connectivity index (χ0v) is 22.4. The molecule has 0 N–H and O–H groups in total. The topological polar surface area (TPSA) is 29.5 Å². The van der Waals surface area contributed by atoms with Gasteiger partial charge in [-0.05, 0) is 77.0 Å². The molecule has 0 atom stereocenters. The Hall–Kier alpha value is -1.07. The highest BCUT2D eigenvalue weighted by atomic mass is 79.9. The number of hydrogen-bond donors (Lipinski definition) is 0. The Morgan fingerprint density at radius 1 is 1.00 bits per heavy atom. The standard InChI is InChI=1S/C25H45N2O2.BrH/c1-19(2)23-14-13-22(7)17-24(23)29-16-12-10-11-15-27(8,9)18-25(28)26(20(3)4)21(5)6;/h13-14,17,19-21H,10-12,15-16,18H2,1-9H3;1H/q+1;/p-1. The number of carbonyl (C=O) groups is 1. The highest BCUT2D eigenvalue weighted by molar-refractivity contribution is 5.77. The molecule has 5 heteroatoms. The molecule has 1 aromatic rings. The molecule has 1 aromatic carbocycles. The van der Waals surface area contributed by atoms with E-state index < -0.39 is 0 Å². The molecule has 0 saturated heterocycles. The van der Waals surface area contributed by atoms with E-state index in [9.17, 15) is 4.79 Å². The molecule has 0 spiro atoms. The van der Waals surface area contributed by atoms with Gasteiger partial charge in [-0.1, -0.05) is 26.0 Å². The van der Waals surface area contributed by atoms with E-state index in [1.54, 1.807) is 0 Å². The fourth-order valence-electron chi connectivity index (χ4n) is 3.94. The largest absolute Gasteiger partial charge is 1.00 e. The van der Waals surface area contributed by atoms with Crippen LogP contribution in [-0.4, -0.2) is 61.2 Å². The molecule has 0 aliphatic carbocycles. The van der Waals surface area contributed by atoms with Crippen LogP contribution < -0.4 is 21.7 Å². The third-order valence-electron chi connectivity index (χ3n) is 5.42. The molecule has 0 aliphatic heterocycles. The Kier molecular flexibility index (Phi) is 12.9. The normalized spacial score (nSPS) is 11.7. The first-order valence-corrected chi connectivity index (χ1v) is 11.3. The zero-order chi connectivity index (χ0) is 22.2. The molecule has 0 saturated carbocycles. The first kappa shape index (κ1) is 28.9. The van der Waals surface area contributed by atoms with Crippen LogP contribution >= 0.6 is 0 Å². The summed E-state index contributed by atoms with van der Waals surface area (Å²) >= 11 is 0. The highest BCUT2D eigenvalue weighted by Crippen LogP contribution is 2.27. The minimum absolute atomic E-state index is 0. The number of quaternary nitrogens is 1. The van der Waals surface area contributed by atoms with Gasteiger partial charge >= 0.3 is 0 Å². The average molecular weight is 486 g/mol. The fourth-order valence-corrected chi connectivity index (χ4v) is 3.94. The summed E-state index contributed by atoms with van der Waals surface area (Å²) in [5, 5.41) is 0. The molecule has 30 heavy (non-hydrogen) atoms. The summed E-state index contributed by atoms with van der Waals surface area (Å²) in [6, 6.07) is 6.98. The first-order chi connectivity index (χ1) is 13.4. The Morgan fingerprint density at radius 3 is 2.13 bits per heavy atom. The van der Waals surface area contributed by atoms with Crippen LogP contribution in [-0.2, 0) is 4.79 Å². The highest BCUT2D eigenvalue weighted by Gasteiger charge is 2.27. The summed E-state index contributed by atoms with van der Waals surface area (Å²) in [6.45, 7) is 17.2. The van der Waals surface area contributed by atoms with Crippen LogP contribution in [0.25, 0.3) is 0 Å². The van der Waals surface area contributed by atoms with Crippen molar-refractivity contribution in [3.63, 3.8) is 0 Å². The smallest absolute Gasteiger partial charge is 0.278 e. The summed E-state index contributed by atoms with van der Waals surface area (Å²) in [7, 11) is 4.32. The van der Waals surface area contributed by atoms with Crippen LogP contribution in [0.1, 0.15) is 77.8 Å². The van der Waals surface area contributed by atoms with Gasteiger partial charge in [0.15, 0.2) is 6.54 Å². The lowest BCUT2D eigenvalue weighted by molar-refractivity contribution is -0.883. The minimum Gasteiger partial charge on any atom is -1.00 e. The molecular formula is C25H45BrN2O2. The molecule has 0 fully saturated rings. The van der Waals surface area contributed by atoms with Gasteiger partial charge in [0.1, 0.15) is 5.75 Å². The van der Waals surface area contributed by atoms with Gasteiger partial charge in [-0.3, -0.25) is 4.79 Å². The van der Waals surface area contributed by atoms with Crippen molar-refractivity contribution in [2.75, 3.05) is 33.8 Å². The van der Waals surface area contributed by atoms with Crippen molar-refractivity contribution < 1.29 is 31.0 Å². The Labute approximate surface area is 196 Å². The quantitative estimate of drug-likeness (QED) is 0.336. The lowest BCUT2D eigenvalue weighted by Crippen LogP contribution is -3.00. The zero-order valence-electron chi connectivity index (χ0n) is 20.8. The van der Waals surface area contributed by atoms with Gasteiger partial charge in [0, 0.05) is 12.1 Å². The van der Waals surface area contributed by atoms with Gasteiger partial charge in [-0.2, -0.15) is 0 Å². The second-order valence-corrected chi connectivity index (χ2v) is 9.91. The van der Waals surface area contributed by atoms with Crippen LogP contribution in [0.15, 0.2) is 18.2 Å². The second kappa shape index (κ2) is 13.4. The Morgan fingerprint density at radius 2 is 1.60 bits per heavy atom. The maximum Gasteiger partial charge on any atom is 0.278 e. The molecule has 174 valence electrons. The van der Waals surface area contributed by atoms with E-state index in [1.807, 2.05) is 4.90 Å². The third kappa shape index (κ3) is 9.82. The van der Waals surface area contributed by atoms with Gasteiger partial charge in [0.05, 0.1) is 27.2 Å². The van der Waals surface area contributed by atoms with Crippen LogP contribution in [0.3, 0.4) is 0 Å². The van der Waals surface area contributed by atoms with Crippen molar-refractivity contribution in [1.82, 2.24) is 4.90 Å². The number of unbranched alkanes of at least 4 members (excludes halogenated alkanes) is 2. The maximum atomic E-state index is 12.7. The number of nitrogens with zero attached hydrogens (tertiary/aromatic N) is 2. The first-order valence-electron chi connectivity index (χ1n) is 11.3. The minimum atomic E-state index is 0. The molecule has 0 heterocycles. The van der Waals surface area contributed by atoms with Crippen molar-refractivity contribution in [1.29, 1.82) is 0 Å². The van der Waals surface area contributed by atoms with Gasteiger partial charge < -0.3 is 31.1 Å². The number of amides is 1. The number of likely N-dealkylation sites (N-methyl/N-ethyl adjacent to an activating group) is 1. The van der Waals surface area contributed by atoms with E-state index in [4.69, 9.17) is 4.74 Å². The molecular weight excluding hydrogens is 440 g/mol. The number of ether oxygens (including phenoxy) is 1. The predicted molar refractivity (Wildman–Crippen MR) is 124 cm³/mol. The molecule has 4 nitrogen and oxygen atoms in total. The van der Waals surface area contributed by atoms with Crippen molar-refractivity contribution in [2.45, 2.75) is 85.7 Å². The van der Waals surface area contributed by atoms with E-state index in [-0.39, 0.29) is 35.0 Å². The predicted octanol–water partition coefficient (Wildman–Crippen LogP) is 2.39. The van der Waals surface area contributed by atoms with E-state index in [2.05, 4.69) is 80.8 Å². The van der Waals surface area contributed by atoms with Crippen LogP contribution in [0.2, 0.25) is 0 Å². The van der Waals surface area contributed by atoms with Gasteiger partial charge in [-0.15, -0.1) is 0 Å². The van der Waals surface area contributed by atoms with Gasteiger partial charge in [-0.25, -0.2) is 0 Å². The molecule has 1 amide bonds. The van der Waals surface area contributed by atoms with Crippen LogP contribution in [0, 0.1) is 6.92 Å². The molecule has 0 unspecified atom stereocenters. The van der Waals surface area contributed by atoms with Crippen molar-refractivity contribution >= 4 is 5.91 Å². The maximum absolute atomic E-state index is 12.7. The average Bonchev–Trinajstić information content (AvgIpc) is 2.56. The number of rotatable bonds is 12. The summed E-state index contributed by atoms with van der Waals surface area (Å²) in [5.41, 5.74) is 2.52. The molecule has 0 aliphatic rings. The third-order valence-corrected chi connectivity index (χ3v) is 5.42.